The third-order valence-electron chi connectivity index (χ3n) is 1.61. The minimum Gasteiger partial charge on any atom is -0.392 e. The molecule has 11 heavy (non-hydrogen) atoms. The molecule has 0 unspecified atom stereocenters. The lowest BCUT2D eigenvalue weighted by Crippen LogP contribution is -1.89. The van der Waals surface area contributed by atoms with Gasteiger partial charge in [0.2, 0.25) is 0 Å². The topological polar surface area (TPSA) is 20.2 Å². The van der Waals surface area contributed by atoms with Crippen LogP contribution in [0.15, 0.2) is 18.2 Å². The van der Waals surface area contributed by atoms with Gasteiger partial charge < -0.3 is 5.11 Å². The van der Waals surface area contributed by atoms with Crippen LogP contribution in [0, 0.1) is 5.82 Å². The maximum absolute atomic E-state index is 12.7. The summed E-state index contributed by atoms with van der Waals surface area (Å²) in [5.41, 5.74) is 1.57. The fraction of sp³-hybridized carbons (Fsp3) is 0.333. The molecule has 0 spiro atoms. The Morgan fingerprint density at radius 1 is 1.27 bits per heavy atom. The van der Waals surface area contributed by atoms with E-state index in [0.29, 0.717) is 5.56 Å². The van der Waals surface area contributed by atoms with Gasteiger partial charge in [-0.1, -0.05) is 13.0 Å². The van der Waals surface area contributed by atoms with Crippen molar-refractivity contribution in [3.8, 4) is 0 Å². The summed E-state index contributed by atoms with van der Waals surface area (Å²) >= 11 is 0. The molecule has 0 aliphatic rings. The molecule has 0 radical (unpaired) electrons. The number of rotatable bonds is 2. The van der Waals surface area contributed by atoms with E-state index in [-0.39, 0.29) is 12.4 Å². The van der Waals surface area contributed by atoms with Gasteiger partial charge in [-0.2, -0.15) is 0 Å². The van der Waals surface area contributed by atoms with Crippen molar-refractivity contribution >= 4 is 0 Å². The Morgan fingerprint density at radius 2 is 1.91 bits per heavy atom. The first-order valence-electron chi connectivity index (χ1n) is 3.65. The van der Waals surface area contributed by atoms with Gasteiger partial charge in [0.15, 0.2) is 0 Å². The number of aliphatic hydroxyl groups is 1. The van der Waals surface area contributed by atoms with Crippen LogP contribution < -0.4 is 0 Å². The van der Waals surface area contributed by atoms with Crippen LogP contribution in [-0.4, -0.2) is 5.11 Å². The molecule has 0 aliphatic heterocycles. The van der Waals surface area contributed by atoms with Crippen LogP contribution in [0.4, 0.5) is 4.39 Å². The molecule has 0 aromatic heterocycles. The highest BCUT2D eigenvalue weighted by Crippen LogP contribution is 2.09. The van der Waals surface area contributed by atoms with Crippen molar-refractivity contribution < 1.29 is 9.50 Å². The van der Waals surface area contributed by atoms with Crippen LogP contribution in [-0.2, 0) is 13.0 Å². The number of hydrogen-bond acceptors (Lipinski definition) is 1. The zero-order valence-corrected chi connectivity index (χ0v) is 6.47. The Morgan fingerprint density at radius 3 is 2.45 bits per heavy atom. The van der Waals surface area contributed by atoms with Crippen molar-refractivity contribution in [3.05, 3.63) is 35.1 Å². The second-order valence-corrected chi connectivity index (χ2v) is 2.48. The minimum absolute atomic E-state index is 0.0925. The first-order chi connectivity index (χ1) is 5.26. The predicted octanol–water partition coefficient (Wildman–Crippen LogP) is 1.88. The van der Waals surface area contributed by atoms with E-state index in [2.05, 4.69) is 0 Å². The van der Waals surface area contributed by atoms with Gasteiger partial charge in [-0.05, 0) is 29.7 Å². The van der Waals surface area contributed by atoms with E-state index >= 15 is 0 Å². The SMILES string of the molecule is CCc1cc(F)cc(CO)c1. The molecule has 1 aromatic carbocycles. The Labute approximate surface area is 65.5 Å². The van der Waals surface area contributed by atoms with Crippen molar-refractivity contribution in [2.45, 2.75) is 20.0 Å². The van der Waals surface area contributed by atoms with Crippen molar-refractivity contribution in [1.29, 1.82) is 0 Å². The largest absolute Gasteiger partial charge is 0.392 e. The quantitative estimate of drug-likeness (QED) is 0.689. The molecule has 1 nitrogen and oxygen atoms in total. The smallest absolute Gasteiger partial charge is 0.123 e. The molecule has 1 aromatic rings. The fourth-order valence-corrected chi connectivity index (χ4v) is 1.01. The highest BCUT2D eigenvalue weighted by atomic mass is 19.1. The standard InChI is InChI=1S/C9H11FO/c1-2-7-3-8(6-11)5-9(10)4-7/h3-5,11H,2,6H2,1H3. The maximum atomic E-state index is 12.7. The highest BCUT2D eigenvalue weighted by molar-refractivity contribution is 5.23. The lowest BCUT2D eigenvalue weighted by Gasteiger charge is -2.00. The minimum atomic E-state index is -0.270. The van der Waals surface area contributed by atoms with Crippen LogP contribution in [0.25, 0.3) is 0 Å². The van der Waals surface area contributed by atoms with Gasteiger partial charge in [-0.25, -0.2) is 4.39 Å². The lowest BCUT2D eigenvalue weighted by atomic mass is 10.1. The summed E-state index contributed by atoms with van der Waals surface area (Å²) in [6.45, 7) is 1.86. The van der Waals surface area contributed by atoms with E-state index in [4.69, 9.17) is 5.11 Å². The summed E-state index contributed by atoms with van der Waals surface area (Å²) in [5.74, 6) is -0.270. The third-order valence-corrected chi connectivity index (χ3v) is 1.61. The first-order valence-corrected chi connectivity index (χ1v) is 3.65. The molecule has 0 saturated heterocycles. The molecule has 1 rings (SSSR count). The van der Waals surface area contributed by atoms with Gasteiger partial charge in [0.1, 0.15) is 5.82 Å². The van der Waals surface area contributed by atoms with E-state index < -0.39 is 0 Å². The van der Waals surface area contributed by atoms with Crippen molar-refractivity contribution in [3.63, 3.8) is 0 Å². The summed E-state index contributed by atoms with van der Waals surface area (Å²) in [7, 11) is 0. The fourth-order valence-electron chi connectivity index (χ4n) is 1.01. The molecule has 0 fully saturated rings. The average Bonchev–Trinajstić information content (AvgIpc) is 2.03. The Kier molecular flexibility index (Phi) is 2.60. The van der Waals surface area contributed by atoms with Crippen LogP contribution in [0.5, 0.6) is 0 Å². The molecular weight excluding hydrogens is 143 g/mol. The summed E-state index contributed by atoms with van der Waals surface area (Å²) in [6.07, 6.45) is 0.796. The Hall–Kier alpha value is -0.890. The van der Waals surface area contributed by atoms with Gasteiger partial charge in [0.05, 0.1) is 6.61 Å². The van der Waals surface area contributed by atoms with E-state index in [1.54, 1.807) is 0 Å². The zero-order valence-electron chi connectivity index (χ0n) is 6.47. The van der Waals surface area contributed by atoms with E-state index in [0.717, 1.165) is 12.0 Å². The number of aryl methyl sites for hydroxylation is 1. The average molecular weight is 154 g/mol. The summed E-state index contributed by atoms with van der Waals surface area (Å²) in [5, 5.41) is 8.72. The normalized spacial score (nSPS) is 10.1. The number of halogens is 1. The van der Waals surface area contributed by atoms with E-state index in [9.17, 15) is 4.39 Å². The van der Waals surface area contributed by atoms with Gasteiger partial charge in [-0.3, -0.25) is 0 Å². The molecule has 0 heterocycles. The number of hydrogen-bond donors (Lipinski definition) is 1. The molecule has 0 aliphatic carbocycles. The number of aliphatic hydroxyl groups excluding tert-OH is 1. The van der Waals surface area contributed by atoms with E-state index in [1.807, 2.05) is 13.0 Å². The van der Waals surface area contributed by atoms with Gasteiger partial charge in [0, 0.05) is 0 Å². The molecule has 60 valence electrons. The highest BCUT2D eigenvalue weighted by Gasteiger charge is 1.97. The first kappa shape index (κ1) is 8.21. The summed E-state index contributed by atoms with van der Waals surface area (Å²) in [6, 6.07) is 4.64. The van der Waals surface area contributed by atoms with Gasteiger partial charge in [-0.15, -0.1) is 0 Å². The van der Waals surface area contributed by atoms with Crippen LogP contribution in [0.2, 0.25) is 0 Å². The van der Waals surface area contributed by atoms with E-state index in [1.165, 1.54) is 12.1 Å². The molecule has 0 bridgehead atoms. The van der Waals surface area contributed by atoms with Crippen LogP contribution in [0.1, 0.15) is 18.1 Å². The molecule has 0 saturated carbocycles. The molecule has 1 N–H and O–H groups in total. The van der Waals surface area contributed by atoms with Crippen molar-refractivity contribution in [2.75, 3.05) is 0 Å². The maximum Gasteiger partial charge on any atom is 0.123 e. The lowest BCUT2D eigenvalue weighted by molar-refractivity contribution is 0.281. The summed E-state index contributed by atoms with van der Waals surface area (Å²) < 4.78 is 12.7. The van der Waals surface area contributed by atoms with Gasteiger partial charge in [0.25, 0.3) is 0 Å². The molecule has 0 atom stereocenters. The number of benzene rings is 1. The van der Waals surface area contributed by atoms with Gasteiger partial charge >= 0.3 is 0 Å². The Bertz CT molecular complexity index is 223. The van der Waals surface area contributed by atoms with Crippen molar-refractivity contribution in [2.24, 2.45) is 0 Å². The summed E-state index contributed by atoms with van der Waals surface area (Å²) in [4.78, 5) is 0. The second-order valence-electron chi connectivity index (χ2n) is 2.48. The zero-order chi connectivity index (χ0) is 8.27. The van der Waals surface area contributed by atoms with Crippen LogP contribution in [0.3, 0.4) is 0 Å². The third kappa shape index (κ3) is 2.02. The molecule has 0 amide bonds. The monoisotopic (exact) mass is 154 g/mol. The second kappa shape index (κ2) is 3.49. The molecular formula is C9H11FO. The van der Waals surface area contributed by atoms with Crippen molar-refractivity contribution in [1.82, 2.24) is 0 Å². The Balaban J connectivity index is 3.02. The predicted molar refractivity (Wildman–Crippen MR) is 41.7 cm³/mol. The van der Waals surface area contributed by atoms with Crippen LogP contribution >= 0.6 is 0 Å². The molecule has 2 heteroatoms.